The molecule has 1 aliphatic rings. The number of benzene rings is 2. The summed E-state index contributed by atoms with van der Waals surface area (Å²) in [7, 11) is 4.00. The first kappa shape index (κ1) is 26.0. The highest BCUT2D eigenvalue weighted by atomic mass is 32.2. The lowest BCUT2D eigenvalue weighted by Crippen LogP contribution is -2.41. The van der Waals surface area contributed by atoms with E-state index in [1.807, 2.05) is 69.3 Å². The number of hydrogen-bond acceptors (Lipinski definition) is 7. The van der Waals surface area contributed by atoms with Crippen molar-refractivity contribution in [1.82, 2.24) is 5.32 Å². The van der Waals surface area contributed by atoms with Crippen molar-refractivity contribution in [3.05, 3.63) is 60.2 Å². The molecule has 2 amide bonds. The summed E-state index contributed by atoms with van der Waals surface area (Å²) in [6.45, 7) is 4.50. The second kappa shape index (κ2) is 12.8. The van der Waals surface area contributed by atoms with Gasteiger partial charge in [0.05, 0.1) is 12.3 Å². The number of ether oxygens (including phenoxy) is 1. The number of nitrogens with one attached hydrogen (secondary N) is 2. The lowest BCUT2D eigenvalue weighted by atomic mass is 10.2. The van der Waals surface area contributed by atoms with Crippen LogP contribution in [0, 0.1) is 0 Å². The summed E-state index contributed by atoms with van der Waals surface area (Å²) in [6.07, 6.45) is 4.79. The molecule has 1 saturated heterocycles. The summed E-state index contributed by atoms with van der Waals surface area (Å²) in [5.41, 5.74) is 3.47. The van der Waals surface area contributed by atoms with E-state index in [0.717, 1.165) is 23.4 Å². The van der Waals surface area contributed by atoms with Crippen LogP contribution in [0.1, 0.15) is 32.3 Å². The molecule has 1 heterocycles. The van der Waals surface area contributed by atoms with Crippen LogP contribution >= 0.6 is 11.8 Å². The van der Waals surface area contributed by atoms with Gasteiger partial charge in [0.25, 0.3) is 0 Å². The fraction of sp³-hybridized carbons (Fsp3) is 0.308. The van der Waals surface area contributed by atoms with Crippen molar-refractivity contribution in [2.45, 2.75) is 31.9 Å². The van der Waals surface area contributed by atoms with Crippen molar-refractivity contribution < 1.29 is 14.3 Å². The highest BCUT2D eigenvalue weighted by Gasteiger charge is 2.30. The van der Waals surface area contributed by atoms with E-state index in [-0.39, 0.29) is 18.2 Å². The zero-order valence-electron chi connectivity index (χ0n) is 20.4. The van der Waals surface area contributed by atoms with Gasteiger partial charge in [0, 0.05) is 31.9 Å². The molecule has 35 heavy (non-hydrogen) atoms. The lowest BCUT2D eigenvalue weighted by Gasteiger charge is -2.21. The van der Waals surface area contributed by atoms with E-state index in [0.29, 0.717) is 23.2 Å². The van der Waals surface area contributed by atoms with E-state index >= 15 is 0 Å². The number of hydrogen-bond donors (Lipinski definition) is 2. The standard InChI is InChI=1S/C26H31N5O3S/c1-5-16-34-22-14-10-20(11-15-22)27-25(33)23-17-24(32)28-26(35-23)30-29-18(2)6-7-19-8-12-21(13-9-19)31(3)4/h6-15,23H,5,16-17H2,1-4H3,(H,27,33)(H,28,30,32)/b7-6+,29-18-/t23-/m0/s1. The minimum atomic E-state index is -0.597. The summed E-state index contributed by atoms with van der Waals surface area (Å²) in [5, 5.41) is 13.6. The van der Waals surface area contributed by atoms with Crippen LogP contribution in [-0.2, 0) is 9.59 Å². The third kappa shape index (κ3) is 8.29. The highest BCUT2D eigenvalue weighted by molar-refractivity contribution is 8.15. The molecule has 0 unspecified atom stereocenters. The molecule has 9 heteroatoms. The van der Waals surface area contributed by atoms with Gasteiger partial charge in [-0.05, 0) is 61.4 Å². The van der Waals surface area contributed by atoms with Gasteiger partial charge in [0.2, 0.25) is 11.8 Å². The fourth-order valence-electron chi connectivity index (χ4n) is 3.07. The Morgan fingerprint density at radius 1 is 1.20 bits per heavy atom. The van der Waals surface area contributed by atoms with Gasteiger partial charge in [-0.25, -0.2) is 0 Å². The molecule has 0 aromatic heterocycles. The third-order valence-electron chi connectivity index (χ3n) is 4.98. The molecule has 1 atom stereocenters. The number of carbonyl (C=O) groups excluding carboxylic acids is 2. The zero-order chi connectivity index (χ0) is 25.2. The Labute approximate surface area is 210 Å². The average molecular weight is 494 g/mol. The Balaban J connectivity index is 1.58. The number of nitrogens with zero attached hydrogens (tertiary/aromatic N) is 3. The van der Waals surface area contributed by atoms with E-state index in [4.69, 9.17) is 4.74 Å². The maximum absolute atomic E-state index is 12.7. The number of thioether (sulfide) groups is 1. The molecule has 1 fully saturated rings. The SMILES string of the molecule is CCCOc1ccc(NC(=O)[C@@H]2CC(=O)N/C(=N/N=C(C)\C=C\c3ccc(N(C)C)cc3)S2)cc1. The van der Waals surface area contributed by atoms with Gasteiger partial charge in [-0.2, -0.15) is 5.10 Å². The number of amides is 2. The minimum Gasteiger partial charge on any atom is -0.494 e. The fourth-order valence-corrected chi connectivity index (χ4v) is 4.01. The van der Waals surface area contributed by atoms with Crippen molar-refractivity contribution in [2.24, 2.45) is 10.2 Å². The summed E-state index contributed by atoms with van der Waals surface area (Å²) in [4.78, 5) is 26.9. The first-order valence-corrected chi connectivity index (χ1v) is 12.3. The van der Waals surface area contributed by atoms with Crippen molar-refractivity contribution in [3.8, 4) is 5.75 Å². The van der Waals surface area contributed by atoms with Crippen LogP contribution in [0.25, 0.3) is 6.08 Å². The molecule has 2 N–H and O–H groups in total. The quantitative estimate of drug-likeness (QED) is 0.395. The van der Waals surface area contributed by atoms with E-state index < -0.39 is 5.25 Å². The topological polar surface area (TPSA) is 95.4 Å². The number of carbonyl (C=O) groups is 2. The molecule has 0 radical (unpaired) electrons. The molecule has 184 valence electrons. The van der Waals surface area contributed by atoms with Gasteiger partial charge in [0.15, 0.2) is 5.17 Å². The van der Waals surface area contributed by atoms with Crippen LogP contribution in [0.2, 0.25) is 0 Å². The monoisotopic (exact) mass is 493 g/mol. The molecule has 2 aromatic carbocycles. The van der Waals surface area contributed by atoms with E-state index in [1.165, 1.54) is 11.8 Å². The molecule has 0 saturated carbocycles. The normalized spacial score (nSPS) is 17.4. The van der Waals surface area contributed by atoms with E-state index in [1.54, 1.807) is 24.3 Å². The van der Waals surface area contributed by atoms with Gasteiger partial charge < -0.3 is 20.3 Å². The number of rotatable bonds is 9. The minimum absolute atomic E-state index is 0.0682. The Morgan fingerprint density at radius 2 is 1.91 bits per heavy atom. The summed E-state index contributed by atoms with van der Waals surface area (Å²) < 4.78 is 5.56. The Morgan fingerprint density at radius 3 is 2.57 bits per heavy atom. The predicted octanol–water partition coefficient (Wildman–Crippen LogP) is 4.55. The van der Waals surface area contributed by atoms with Crippen molar-refractivity contribution in [2.75, 3.05) is 30.9 Å². The van der Waals surface area contributed by atoms with Crippen LogP contribution in [0.15, 0.2) is 64.8 Å². The molecule has 2 aromatic rings. The summed E-state index contributed by atoms with van der Waals surface area (Å²) >= 11 is 1.18. The number of allylic oxidation sites excluding steroid dienone is 1. The number of amidine groups is 1. The molecule has 0 aliphatic carbocycles. The first-order valence-electron chi connectivity index (χ1n) is 11.4. The Bertz CT molecular complexity index is 1110. The maximum atomic E-state index is 12.7. The van der Waals surface area contributed by atoms with Crippen molar-refractivity contribution in [3.63, 3.8) is 0 Å². The van der Waals surface area contributed by atoms with Crippen molar-refractivity contribution in [1.29, 1.82) is 0 Å². The van der Waals surface area contributed by atoms with Crippen LogP contribution in [0.3, 0.4) is 0 Å². The molecule has 8 nitrogen and oxygen atoms in total. The largest absolute Gasteiger partial charge is 0.494 e. The predicted molar refractivity (Wildman–Crippen MR) is 145 cm³/mol. The lowest BCUT2D eigenvalue weighted by molar-refractivity contribution is -0.123. The first-order chi connectivity index (χ1) is 16.8. The molecule has 3 rings (SSSR count). The second-order valence-electron chi connectivity index (χ2n) is 8.19. The van der Waals surface area contributed by atoms with Gasteiger partial charge in [-0.1, -0.05) is 36.9 Å². The highest BCUT2D eigenvalue weighted by Crippen LogP contribution is 2.23. The molecule has 0 spiro atoms. The van der Waals surface area contributed by atoms with E-state index in [9.17, 15) is 9.59 Å². The number of anilines is 2. The van der Waals surface area contributed by atoms with E-state index in [2.05, 4.69) is 20.8 Å². The second-order valence-corrected chi connectivity index (χ2v) is 9.38. The summed E-state index contributed by atoms with van der Waals surface area (Å²) in [5.74, 6) is 0.218. The smallest absolute Gasteiger partial charge is 0.238 e. The van der Waals surface area contributed by atoms with Gasteiger partial charge in [0.1, 0.15) is 11.0 Å². The van der Waals surface area contributed by atoms with Crippen LogP contribution < -0.4 is 20.3 Å². The third-order valence-corrected chi connectivity index (χ3v) is 6.06. The van der Waals surface area contributed by atoms with Gasteiger partial charge >= 0.3 is 0 Å². The Kier molecular flexibility index (Phi) is 9.48. The maximum Gasteiger partial charge on any atom is 0.238 e. The molecule has 1 aliphatic heterocycles. The molecule has 0 bridgehead atoms. The average Bonchev–Trinajstić information content (AvgIpc) is 2.85. The Hall–Kier alpha value is -3.59. The molecular weight excluding hydrogens is 462 g/mol. The van der Waals surface area contributed by atoms with Gasteiger partial charge in [-0.15, -0.1) is 5.10 Å². The summed E-state index contributed by atoms with van der Waals surface area (Å²) in [6, 6.07) is 15.3. The van der Waals surface area contributed by atoms with Crippen LogP contribution in [0.4, 0.5) is 11.4 Å². The van der Waals surface area contributed by atoms with Crippen molar-refractivity contribution >= 4 is 51.9 Å². The van der Waals surface area contributed by atoms with Gasteiger partial charge in [-0.3, -0.25) is 9.59 Å². The van der Waals surface area contributed by atoms with Crippen LogP contribution in [-0.4, -0.2) is 48.6 Å². The molecular formula is C26H31N5O3S. The zero-order valence-corrected chi connectivity index (χ0v) is 21.3. The van der Waals surface area contributed by atoms with Crippen LogP contribution in [0.5, 0.6) is 5.75 Å².